The molecule has 2 aromatic rings. The molecule has 1 aromatic carbocycles. The molecule has 2 atom stereocenters. The maximum atomic E-state index is 12.9. The predicted octanol–water partition coefficient (Wildman–Crippen LogP) is 2.04. The highest BCUT2D eigenvalue weighted by molar-refractivity contribution is 5.92. The van der Waals surface area contributed by atoms with Gasteiger partial charge in [-0.05, 0) is 51.8 Å². The molecule has 0 aliphatic heterocycles. The summed E-state index contributed by atoms with van der Waals surface area (Å²) in [6.45, 7) is 10.0. The molecule has 0 radical (unpaired) electrons. The Labute approximate surface area is 215 Å². The maximum Gasteiger partial charge on any atom is 0.326 e. The van der Waals surface area contributed by atoms with Gasteiger partial charge in [-0.1, -0.05) is 19.0 Å². The number of carboxylic acids is 1. The molecule has 1 heterocycles. The molecule has 0 bridgehead atoms. The van der Waals surface area contributed by atoms with Crippen LogP contribution in [0, 0.1) is 12.8 Å². The van der Waals surface area contributed by atoms with E-state index in [1.54, 1.807) is 59.7 Å². The van der Waals surface area contributed by atoms with Crippen LogP contribution in [-0.2, 0) is 30.3 Å². The van der Waals surface area contributed by atoms with Gasteiger partial charge in [-0.15, -0.1) is 0 Å². The van der Waals surface area contributed by atoms with Crippen LogP contribution in [0.15, 0.2) is 22.7 Å². The number of nitrogens with one attached hydrogen (secondary N) is 2. The van der Waals surface area contributed by atoms with Crippen LogP contribution in [0.3, 0.4) is 0 Å². The quantitative estimate of drug-likeness (QED) is 0.374. The van der Waals surface area contributed by atoms with Gasteiger partial charge >= 0.3 is 11.9 Å². The number of esters is 1. The number of nitrogens with zero attached hydrogens (tertiary/aromatic N) is 2. The number of carboxylic acid groups (broad SMARTS) is 1. The third-order valence-electron chi connectivity index (χ3n) is 5.08. The summed E-state index contributed by atoms with van der Waals surface area (Å²) in [6, 6.07) is 2.49. The molecule has 0 saturated carbocycles. The van der Waals surface area contributed by atoms with E-state index < -0.39 is 47.9 Å². The van der Waals surface area contributed by atoms with Crippen LogP contribution in [0.2, 0.25) is 0 Å². The molecule has 202 valence electrons. The topological polar surface area (TPSA) is 170 Å². The van der Waals surface area contributed by atoms with Gasteiger partial charge in [0.15, 0.2) is 5.82 Å². The first kappa shape index (κ1) is 29.3. The standard InChI is InChI=1S/C25H34N4O8/c1-13(2)21(22(32)27-17(24(33)34)12-20(31)36-25(4,5)6)28-19(30)11-16-10-15(8-9-18(16)35-7)23-26-14(3)29-37-23/h8-10,13,17,21H,11-12H2,1-7H3,(H,27,32)(H,28,30)(H,33,34)/t17-,21-/m0/s1. The number of aromatic nitrogens is 2. The van der Waals surface area contributed by atoms with Gasteiger partial charge in [-0.2, -0.15) is 4.98 Å². The molecular formula is C25H34N4O8. The third-order valence-corrected chi connectivity index (χ3v) is 5.08. The van der Waals surface area contributed by atoms with Gasteiger partial charge in [0.05, 0.1) is 20.0 Å². The number of ether oxygens (including phenoxy) is 2. The van der Waals surface area contributed by atoms with Crippen molar-refractivity contribution in [3.63, 3.8) is 0 Å². The minimum atomic E-state index is -1.52. The lowest BCUT2D eigenvalue weighted by Crippen LogP contribution is -2.54. The zero-order valence-electron chi connectivity index (χ0n) is 22.1. The summed E-state index contributed by atoms with van der Waals surface area (Å²) in [7, 11) is 1.47. The van der Waals surface area contributed by atoms with Gasteiger partial charge < -0.3 is 29.7 Å². The van der Waals surface area contributed by atoms with Crippen LogP contribution in [0.4, 0.5) is 0 Å². The summed E-state index contributed by atoms with van der Waals surface area (Å²) in [4.78, 5) is 53.8. The molecule has 37 heavy (non-hydrogen) atoms. The van der Waals surface area contributed by atoms with E-state index in [0.717, 1.165) is 0 Å². The largest absolute Gasteiger partial charge is 0.496 e. The average molecular weight is 519 g/mol. The van der Waals surface area contributed by atoms with Gasteiger partial charge in [-0.25, -0.2) is 4.79 Å². The number of amides is 2. The van der Waals surface area contributed by atoms with E-state index in [4.69, 9.17) is 14.0 Å². The van der Waals surface area contributed by atoms with Crippen molar-refractivity contribution in [3.8, 4) is 17.2 Å². The molecule has 2 rings (SSSR count). The molecule has 12 nitrogen and oxygen atoms in total. The second-order valence-corrected chi connectivity index (χ2v) is 9.83. The first-order valence-corrected chi connectivity index (χ1v) is 11.7. The van der Waals surface area contributed by atoms with E-state index in [-0.39, 0.29) is 18.2 Å². The van der Waals surface area contributed by atoms with Gasteiger partial charge in [0.2, 0.25) is 11.8 Å². The maximum absolute atomic E-state index is 12.9. The Balaban J connectivity index is 2.13. The molecule has 0 aliphatic carbocycles. The first-order valence-electron chi connectivity index (χ1n) is 11.7. The molecule has 3 N–H and O–H groups in total. The molecule has 12 heteroatoms. The number of carbonyl (C=O) groups is 4. The van der Waals surface area contributed by atoms with Crippen LogP contribution in [0.5, 0.6) is 5.75 Å². The molecule has 0 unspecified atom stereocenters. The summed E-state index contributed by atoms with van der Waals surface area (Å²) in [6.07, 6.45) is -0.697. The highest BCUT2D eigenvalue weighted by atomic mass is 16.6. The van der Waals surface area contributed by atoms with E-state index >= 15 is 0 Å². The Morgan fingerprint density at radius 3 is 2.32 bits per heavy atom. The van der Waals surface area contributed by atoms with Gasteiger partial charge in [0.25, 0.3) is 5.89 Å². The molecule has 2 amide bonds. The number of methoxy groups -OCH3 is 1. The minimum absolute atomic E-state index is 0.138. The fourth-order valence-corrected chi connectivity index (χ4v) is 3.41. The third kappa shape index (κ3) is 8.89. The number of carbonyl (C=O) groups excluding carboxylic acids is 3. The number of hydrogen-bond donors (Lipinski definition) is 3. The van der Waals surface area contributed by atoms with Crippen LogP contribution in [0.25, 0.3) is 11.5 Å². The second kappa shape index (κ2) is 12.3. The monoisotopic (exact) mass is 518 g/mol. The normalized spacial score (nSPS) is 13.0. The van der Waals surface area contributed by atoms with E-state index in [9.17, 15) is 24.3 Å². The molecule has 0 saturated heterocycles. The molecular weight excluding hydrogens is 484 g/mol. The lowest BCUT2D eigenvalue weighted by Gasteiger charge is -2.25. The van der Waals surface area contributed by atoms with Crippen molar-refractivity contribution in [1.82, 2.24) is 20.8 Å². The lowest BCUT2D eigenvalue weighted by atomic mass is 10.0. The van der Waals surface area contributed by atoms with Crippen molar-refractivity contribution >= 4 is 23.8 Å². The Bertz CT molecular complexity index is 1140. The van der Waals surface area contributed by atoms with E-state index in [1.165, 1.54) is 7.11 Å². The fourth-order valence-electron chi connectivity index (χ4n) is 3.41. The first-order chi connectivity index (χ1) is 17.2. The van der Waals surface area contributed by atoms with Crippen molar-refractivity contribution in [2.24, 2.45) is 5.92 Å². The fraction of sp³-hybridized carbons (Fsp3) is 0.520. The van der Waals surface area contributed by atoms with Crippen molar-refractivity contribution in [2.75, 3.05) is 7.11 Å². The molecule has 0 fully saturated rings. The molecule has 1 aromatic heterocycles. The smallest absolute Gasteiger partial charge is 0.326 e. The highest BCUT2D eigenvalue weighted by Gasteiger charge is 2.31. The highest BCUT2D eigenvalue weighted by Crippen LogP contribution is 2.26. The van der Waals surface area contributed by atoms with Crippen LogP contribution < -0.4 is 15.4 Å². The summed E-state index contributed by atoms with van der Waals surface area (Å²) in [5, 5.41) is 18.2. The second-order valence-electron chi connectivity index (χ2n) is 9.83. The molecule has 0 aliphatic rings. The van der Waals surface area contributed by atoms with Gasteiger partial charge in [0, 0.05) is 11.1 Å². The van der Waals surface area contributed by atoms with Gasteiger partial charge in [-0.3, -0.25) is 14.4 Å². The summed E-state index contributed by atoms with van der Waals surface area (Å²) >= 11 is 0. The zero-order chi connectivity index (χ0) is 27.9. The Kier molecular flexibility index (Phi) is 9.75. The SMILES string of the molecule is COc1ccc(-c2nc(C)no2)cc1CC(=O)N[C@H](C(=O)N[C@@H](CC(=O)OC(C)(C)C)C(=O)O)C(C)C. The average Bonchev–Trinajstić information content (AvgIpc) is 3.21. The summed E-state index contributed by atoms with van der Waals surface area (Å²) in [5.41, 5.74) is 0.303. The van der Waals surface area contributed by atoms with Crippen molar-refractivity contribution in [1.29, 1.82) is 0 Å². The van der Waals surface area contributed by atoms with E-state index in [0.29, 0.717) is 22.7 Å². The Hall–Kier alpha value is -3.96. The summed E-state index contributed by atoms with van der Waals surface area (Å²) in [5.74, 6) is -2.59. The number of rotatable bonds is 11. The van der Waals surface area contributed by atoms with E-state index in [1.807, 2.05) is 0 Å². The number of aliphatic carboxylic acids is 1. The van der Waals surface area contributed by atoms with Crippen molar-refractivity contribution in [3.05, 3.63) is 29.6 Å². The summed E-state index contributed by atoms with van der Waals surface area (Å²) < 4.78 is 15.7. The van der Waals surface area contributed by atoms with Gasteiger partial charge in [0.1, 0.15) is 23.4 Å². The van der Waals surface area contributed by atoms with Crippen LogP contribution >= 0.6 is 0 Å². The zero-order valence-corrected chi connectivity index (χ0v) is 22.1. The Morgan fingerprint density at radius 1 is 1.14 bits per heavy atom. The van der Waals surface area contributed by atoms with Crippen LogP contribution in [0.1, 0.15) is 52.4 Å². The van der Waals surface area contributed by atoms with Crippen LogP contribution in [-0.4, -0.2) is 63.8 Å². The Morgan fingerprint density at radius 2 is 1.81 bits per heavy atom. The lowest BCUT2D eigenvalue weighted by molar-refractivity contribution is -0.158. The molecule has 0 spiro atoms. The minimum Gasteiger partial charge on any atom is -0.496 e. The number of aryl methyl sites for hydroxylation is 1. The van der Waals surface area contributed by atoms with E-state index in [2.05, 4.69) is 20.8 Å². The number of hydrogen-bond acceptors (Lipinski definition) is 9. The van der Waals surface area contributed by atoms with Crippen molar-refractivity contribution in [2.45, 2.75) is 72.1 Å². The predicted molar refractivity (Wildman–Crippen MR) is 132 cm³/mol. The number of benzene rings is 1. The van der Waals surface area contributed by atoms with Crippen molar-refractivity contribution < 1.29 is 38.3 Å².